The highest BCUT2D eigenvalue weighted by Gasteiger charge is 2.50. The standard InChI is InChI=1S/C21H22FN5O3/c1-13-3-4-15(7-23-13)20-18(14(2)30-25-20)9-27-19(28)5-17(8-24-27)26-11-21(12-26)6-16(22)10-29-21/h3-5,7-8,16H,6,9-12H2,1-2H3. The molecule has 2 fully saturated rings. The average molecular weight is 411 g/mol. The van der Waals surface area contributed by atoms with Crippen molar-refractivity contribution >= 4 is 5.69 Å². The highest BCUT2D eigenvalue weighted by atomic mass is 19.1. The summed E-state index contributed by atoms with van der Waals surface area (Å²) in [5.74, 6) is 0.632. The largest absolute Gasteiger partial charge is 0.368 e. The summed E-state index contributed by atoms with van der Waals surface area (Å²) in [6, 6.07) is 5.38. The van der Waals surface area contributed by atoms with E-state index in [0.29, 0.717) is 31.0 Å². The Morgan fingerprint density at radius 2 is 2.10 bits per heavy atom. The zero-order valence-electron chi connectivity index (χ0n) is 16.8. The topological polar surface area (TPSA) is 86.3 Å². The van der Waals surface area contributed by atoms with Crippen LogP contribution in [0.3, 0.4) is 0 Å². The number of anilines is 1. The van der Waals surface area contributed by atoms with Crippen LogP contribution in [-0.2, 0) is 11.3 Å². The number of hydrogen-bond donors (Lipinski definition) is 0. The maximum absolute atomic E-state index is 13.4. The van der Waals surface area contributed by atoms with E-state index >= 15 is 0 Å². The number of nitrogens with zero attached hydrogens (tertiary/aromatic N) is 5. The van der Waals surface area contributed by atoms with Crippen LogP contribution in [-0.4, -0.2) is 51.4 Å². The van der Waals surface area contributed by atoms with Gasteiger partial charge in [0.25, 0.3) is 5.56 Å². The molecule has 1 spiro atoms. The summed E-state index contributed by atoms with van der Waals surface area (Å²) in [6.07, 6.45) is 2.91. The van der Waals surface area contributed by atoms with Crippen LogP contribution in [0.1, 0.15) is 23.4 Å². The van der Waals surface area contributed by atoms with Crippen molar-refractivity contribution in [2.24, 2.45) is 0 Å². The molecule has 0 radical (unpaired) electrons. The molecule has 0 bridgehead atoms. The Labute approximate surface area is 172 Å². The minimum absolute atomic E-state index is 0.157. The number of alkyl halides is 1. The van der Waals surface area contributed by atoms with Gasteiger partial charge in [0.15, 0.2) is 0 Å². The van der Waals surface area contributed by atoms with Gasteiger partial charge in [0.2, 0.25) is 0 Å². The Balaban J connectivity index is 1.35. The van der Waals surface area contributed by atoms with E-state index in [4.69, 9.17) is 9.26 Å². The van der Waals surface area contributed by atoms with E-state index in [-0.39, 0.29) is 18.7 Å². The van der Waals surface area contributed by atoms with Gasteiger partial charge < -0.3 is 14.2 Å². The number of pyridine rings is 1. The first-order valence-corrected chi connectivity index (χ1v) is 9.91. The quantitative estimate of drug-likeness (QED) is 0.651. The molecule has 0 N–H and O–H groups in total. The molecule has 5 rings (SSSR count). The van der Waals surface area contributed by atoms with Crippen molar-refractivity contribution in [1.29, 1.82) is 0 Å². The van der Waals surface area contributed by atoms with Crippen LogP contribution in [0.4, 0.5) is 10.1 Å². The van der Waals surface area contributed by atoms with Crippen molar-refractivity contribution in [2.75, 3.05) is 24.6 Å². The predicted molar refractivity (Wildman–Crippen MR) is 107 cm³/mol. The molecule has 0 amide bonds. The highest BCUT2D eigenvalue weighted by Crippen LogP contribution is 2.38. The van der Waals surface area contributed by atoms with Crippen molar-refractivity contribution in [2.45, 2.75) is 38.6 Å². The number of aromatic nitrogens is 4. The maximum atomic E-state index is 13.4. The van der Waals surface area contributed by atoms with Gasteiger partial charge in [-0.05, 0) is 26.0 Å². The molecular formula is C21H22FN5O3. The second-order valence-corrected chi connectivity index (χ2v) is 8.12. The van der Waals surface area contributed by atoms with Gasteiger partial charge in [-0.25, -0.2) is 9.07 Å². The molecule has 1 unspecified atom stereocenters. The predicted octanol–water partition coefficient (Wildman–Crippen LogP) is 2.28. The summed E-state index contributed by atoms with van der Waals surface area (Å²) in [5.41, 5.74) is 3.26. The molecule has 30 heavy (non-hydrogen) atoms. The lowest BCUT2D eigenvalue weighted by molar-refractivity contribution is -0.0190. The molecule has 156 valence electrons. The summed E-state index contributed by atoms with van der Waals surface area (Å²) in [6.45, 7) is 5.28. The van der Waals surface area contributed by atoms with Crippen LogP contribution < -0.4 is 10.5 Å². The highest BCUT2D eigenvalue weighted by molar-refractivity contribution is 5.62. The normalized spacial score (nSPS) is 20.0. The lowest BCUT2D eigenvalue weighted by atomic mass is 9.90. The van der Waals surface area contributed by atoms with E-state index in [0.717, 1.165) is 22.5 Å². The number of halogens is 1. The van der Waals surface area contributed by atoms with Crippen molar-refractivity contribution in [3.05, 3.63) is 58.0 Å². The van der Waals surface area contributed by atoms with Gasteiger partial charge in [0.05, 0.1) is 25.0 Å². The zero-order chi connectivity index (χ0) is 20.9. The lowest BCUT2D eigenvalue weighted by Crippen LogP contribution is -2.62. The third-order valence-electron chi connectivity index (χ3n) is 5.82. The minimum Gasteiger partial charge on any atom is -0.368 e. The smallest absolute Gasteiger partial charge is 0.269 e. The van der Waals surface area contributed by atoms with Crippen LogP contribution in [0.25, 0.3) is 11.3 Å². The summed E-state index contributed by atoms with van der Waals surface area (Å²) >= 11 is 0. The Morgan fingerprint density at radius 1 is 1.27 bits per heavy atom. The zero-order valence-corrected chi connectivity index (χ0v) is 16.8. The third-order valence-corrected chi connectivity index (χ3v) is 5.82. The van der Waals surface area contributed by atoms with Gasteiger partial charge in [-0.2, -0.15) is 5.10 Å². The van der Waals surface area contributed by atoms with Crippen LogP contribution in [0, 0.1) is 13.8 Å². The van der Waals surface area contributed by atoms with E-state index in [9.17, 15) is 9.18 Å². The van der Waals surface area contributed by atoms with Crippen LogP contribution in [0.2, 0.25) is 0 Å². The maximum Gasteiger partial charge on any atom is 0.269 e. The van der Waals surface area contributed by atoms with Gasteiger partial charge in [0.1, 0.15) is 23.2 Å². The first-order chi connectivity index (χ1) is 14.4. The fourth-order valence-corrected chi connectivity index (χ4v) is 4.12. The first-order valence-electron chi connectivity index (χ1n) is 9.91. The van der Waals surface area contributed by atoms with Gasteiger partial charge in [-0.15, -0.1) is 0 Å². The van der Waals surface area contributed by atoms with Crippen molar-refractivity contribution in [1.82, 2.24) is 19.9 Å². The average Bonchev–Trinajstić information content (AvgIpc) is 3.26. The molecule has 0 aliphatic carbocycles. The summed E-state index contributed by atoms with van der Waals surface area (Å²) in [5, 5.41) is 8.48. The van der Waals surface area contributed by atoms with Gasteiger partial charge in [-0.3, -0.25) is 9.78 Å². The van der Waals surface area contributed by atoms with E-state index in [1.54, 1.807) is 18.5 Å². The van der Waals surface area contributed by atoms with Gasteiger partial charge >= 0.3 is 0 Å². The number of rotatable bonds is 4. The lowest BCUT2D eigenvalue weighted by Gasteiger charge is -2.48. The molecule has 2 saturated heterocycles. The van der Waals surface area contributed by atoms with Crippen LogP contribution >= 0.6 is 0 Å². The number of hydrogen-bond acceptors (Lipinski definition) is 7. The molecular weight excluding hydrogens is 389 g/mol. The number of ether oxygens (including phenoxy) is 1. The summed E-state index contributed by atoms with van der Waals surface area (Å²) in [7, 11) is 0. The molecule has 0 saturated carbocycles. The van der Waals surface area contributed by atoms with E-state index in [1.807, 2.05) is 30.9 Å². The van der Waals surface area contributed by atoms with Gasteiger partial charge in [0, 0.05) is 48.6 Å². The van der Waals surface area contributed by atoms with Crippen molar-refractivity contribution in [3.8, 4) is 11.3 Å². The second kappa shape index (κ2) is 7.02. The molecule has 2 aliphatic rings. The fraction of sp³-hybridized carbons (Fsp3) is 0.429. The SMILES string of the molecule is Cc1ccc(-c2noc(C)c2Cn2ncc(N3CC4(CC(F)CO4)C3)cc2=O)cn1. The first kappa shape index (κ1) is 18.9. The van der Waals surface area contributed by atoms with Gasteiger partial charge in [-0.1, -0.05) is 5.16 Å². The van der Waals surface area contributed by atoms with Crippen LogP contribution in [0.15, 0.2) is 39.9 Å². The van der Waals surface area contributed by atoms with Crippen LogP contribution in [0.5, 0.6) is 0 Å². The molecule has 1 atom stereocenters. The molecule has 3 aromatic heterocycles. The van der Waals surface area contributed by atoms with E-state index in [1.165, 1.54) is 4.68 Å². The van der Waals surface area contributed by atoms with E-state index in [2.05, 4.69) is 15.2 Å². The molecule has 0 aromatic carbocycles. The molecule has 2 aliphatic heterocycles. The van der Waals surface area contributed by atoms with E-state index < -0.39 is 11.8 Å². The Hall–Kier alpha value is -3.07. The number of aryl methyl sites for hydroxylation is 2. The summed E-state index contributed by atoms with van der Waals surface area (Å²) < 4.78 is 25.8. The third kappa shape index (κ3) is 3.28. The molecule has 3 aromatic rings. The fourth-order valence-electron chi connectivity index (χ4n) is 4.12. The van der Waals surface area contributed by atoms with Crippen molar-refractivity contribution < 1.29 is 13.7 Å². The summed E-state index contributed by atoms with van der Waals surface area (Å²) in [4.78, 5) is 19.0. The Bertz CT molecular complexity index is 1130. The molecule has 5 heterocycles. The second-order valence-electron chi connectivity index (χ2n) is 8.12. The molecule has 9 heteroatoms. The Morgan fingerprint density at radius 3 is 2.77 bits per heavy atom. The monoisotopic (exact) mass is 411 g/mol. The Kier molecular flexibility index (Phi) is 4.43. The minimum atomic E-state index is -0.900. The van der Waals surface area contributed by atoms with Crippen molar-refractivity contribution in [3.63, 3.8) is 0 Å². The molecule has 8 nitrogen and oxygen atoms in total.